The number of benzene rings is 1. The van der Waals surface area contributed by atoms with Crippen LogP contribution in [0, 0.1) is 0 Å². The molecule has 5 nitrogen and oxygen atoms in total. The van der Waals surface area contributed by atoms with Crippen molar-refractivity contribution in [3.63, 3.8) is 0 Å². The molecule has 0 aliphatic heterocycles. The third-order valence-corrected chi connectivity index (χ3v) is 3.19. The summed E-state index contributed by atoms with van der Waals surface area (Å²) in [5.41, 5.74) is 0.938. The van der Waals surface area contributed by atoms with Crippen LogP contribution in [0.4, 0.5) is 5.69 Å². The van der Waals surface area contributed by atoms with Crippen LogP contribution >= 0.6 is 15.9 Å². The number of ether oxygens (including phenoxy) is 1. The van der Waals surface area contributed by atoms with E-state index in [0.717, 1.165) is 4.47 Å². The number of hydrogen-bond acceptors (Lipinski definition) is 4. The molecule has 1 aromatic heterocycles. The second kappa shape index (κ2) is 6.99. The summed E-state index contributed by atoms with van der Waals surface area (Å²) >= 11 is 3.31. The van der Waals surface area contributed by atoms with Crippen LogP contribution in [0.1, 0.15) is 17.3 Å². The fourth-order valence-corrected chi connectivity index (χ4v) is 1.81. The van der Waals surface area contributed by atoms with Gasteiger partial charge in [0, 0.05) is 22.6 Å². The van der Waals surface area contributed by atoms with Crippen molar-refractivity contribution in [3.8, 4) is 0 Å². The van der Waals surface area contributed by atoms with E-state index in [1.54, 1.807) is 30.5 Å². The highest BCUT2D eigenvalue weighted by atomic mass is 79.9. The summed E-state index contributed by atoms with van der Waals surface area (Å²) in [5.74, 6) is -0.976. The Hall–Kier alpha value is -2.21. The number of nitrogens with one attached hydrogen (secondary N) is 1. The Morgan fingerprint density at radius 3 is 2.57 bits per heavy atom. The van der Waals surface area contributed by atoms with Crippen LogP contribution in [0.3, 0.4) is 0 Å². The van der Waals surface area contributed by atoms with Crippen LogP contribution in [0.25, 0.3) is 0 Å². The Balaban J connectivity index is 1.93. The fraction of sp³-hybridized carbons (Fsp3) is 0.133. The second-order valence-corrected chi connectivity index (χ2v) is 5.20. The van der Waals surface area contributed by atoms with Gasteiger partial charge in [-0.3, -0.25) is 9.78 Å². The van der Waals surface area contributed by atoms with Gasteiger partial charge in [-0.25, -0.2) is 4.79 Å². The Morgan fingerprint density at radius 1 is 1.24 bits per heavy atom. The smallest absolute Gasteiger partial charge is 0.340 e. The van der Waals surface area contributed by atoms with Crippen molar-refractivity contribution < 1.29 is 14.3 Å². The van der Waals surface area contributed by atoms with E-state index in [1.807, 2.05) is 12.1 Å². The minimum Gasteiger partial charge on any atom is -0.449 e. The molecule has 1 N–H and O–H groups in total. The van der Waals surface area contributed by atoms with Crippen molar-refractivity contribution in [3.05, 3.63) is 58.8 Å². The van der Waals surface area contributed by atoms with Gasteiger partial charge in [-0.2, -0.15) is 0 Å². The van der Waals surface area contributed by atoms with Crippen LogP contribution in [-0.4, -0.2) is 23.0 Å². The molecular formula is C15H13BrN2O3. The van der Waals surface area contributed by atoms with Crippen LogP contribution in [0.5, 0.6) is 0 Å². The predicted octanol–water partition coefficient (Wildman–Crippen LogP) is 3.03. The first-order valence-electron chi connectivity index (χ1n) is 6.23. The average Bonchev–Trinajstić information content (AvgIpc) is 2.50. The number of esters is 1. The summed E-state index contributed by atoms with van der Waals surface area (Å²) in [6.07, 6.45) is 2.05. The molecule has 1 atom stereocenters. The molecular weight excluding hydrogens is 336 g/mol. The number of carbonyl (C=O) groups excluding carboxylic acids is 2. The van der Waals surface area contributed by atoms with E-state index in [0.29, 0.717) is 11.3 Å². The van der Waals surface area contributed by atoms with Gasteiger partial charge in [0.25, 0.3) is 5.91 Å². The van der Waals surface area contributed by atoms with Crippen LogP contribution in [0.2, 0.25) is 0 Å². The number of halogens is 1. The normalized spacial score (nSPS) is 11.5. The summed E-state index contributed by atoms with van der Waals surface area (Å²) in [6, 6.07) is 10.3. The zero-order valence-corrected chi connectivity index (χ0v) is 12.8. The molecule has 0 bridgehead atoms. The summed E-state index contributed by atoms with van der Waals surface area (Å²) in [5, 5.41) is 2.67. The monoisotopic (exact) mass is 348 g/mol. The Bertz CT molecular complexity index is 629. The third-order valence-electron chi connectivity index (χ3n) is 2.66. The highest BCUT2D eigenvalue weighted by molar-refractivity contribution is 9.10. The summed E-state index contributed by atoms with van der Waals surface area (Å²) in [7, 11) is 0. The molecule has 1 unspecified atom stereocenters. The van der Waals surface area contributed by atoms with Crippen molar-refractivity contribution in [2.45, 2.75) is 13.0 Å². The van der Waals surface area contributed by atoms with Gasteiger partial charge in [0.1, 0.15) is 0 Å². The molecule has 0 fully saturated rings. The predicted molar refractivity (Wildman–Crippen MR) is 81.9 cm³/mol. The Labute approximate surface area is 130 Å². The number of aromatic nitrogens is 1. The Kier molecular flexibility index (Phi) is 5.05. The van der Waals surface area contributed by atoms with Gasteiger partial charge in [0.15, 0.2) is 6.10 Å². The summed E-state index contributed by atoms with van der Waals surface area (Å²) in [6.45, 7) is 1.52. The van der Waals surface area contributed by atoms with Crippen molar-refractivity contribution in [1.29, 1.82) is 0 Å². The van der Waals surface area contributed by atoms with Crippen LogP contribution in [0.15, 0.2) is 53.3 Å². The first-order valence-corrected chi connectivity index (χ1v) is 7.03. The molecule has 0 saturated carbocycles. The van der Waals surface area contributed by atoms with E-state index >= 15 is 0 Å². The second-order valence-electron chi connectivity index (χ2n) is 4.29. The molecule has 0 aliphatic carbocycles. The number of rotatable bonds is 4. The number of pyridine rings is 1. The highest BCUT2D eigenvalue weighted by Gasteiger charge is 2.19. The number of carbonyl (C=O) groups is 2. The lowest BCUT2D eigenvalue weighted by Gasteiger charge is -2.13. The van der Waals surface area contributed by atoms with E-state index in [1.165, 1.54) is 13.1 Å². The number of nitrogens with zero attached hydrogens (tertiary/aromatic N) is 1. The quantitative estimate of drug-likeness (QED) is 0.862. The molecule has 1 amide bonds. The van der Waals surface area contributed by atoms with Crippen molar-refractivity contribution in [2.75, 3.05) is 5.32 Å². The van der Waals surface area contributed by atoms with Gasteiger partial charge >= 0.3 is 5.97 Å². The largest absolute Gasteiger partial charge is 0.449 e. The molecule has 0 spiro atoms. The molecule has 0 aliphatic rings. The molecule has 108 valence electrons. The van der Waals surface area contributed by atoms with E-state index in [4.69, 9.17) is 4.74 Å². The number of hydrogen-bond donors (Lipinski definition) is 1. The van der Waals surface area contributed by atoms with Crippen LogP contribution in [-0.2, 0) is 9.53 Å². The molecule has 1 aromatic carbocycles. The van der Waals surface area contributed by atoms with Crippen LogP contribution < -0.4 is 5.32 Å². The standard InChI is InChI=1S/C15H13BrN2O3/c1-10(21-15(20)11-3-2-8-17-9-11)14(19)18-13-6-4-12(16)5-7-13/h2-10H,1H3,(H,18,19). The van der Waals surface area contributed by atoms with Crippen molar-refractivity contribution in [1.82, 2.24) is 4.98 Å². The Morgan fingerprint density at radius 2 is 1.95 bits per heavy atom. The van der Waals surface area contributed by atoms with E-state index in [2.05, 4.69) is 26.2 Å². The average molecular weight is 349 g/mol. The first-order chi connectivity index (χ1) is 10.1. The van der Waals surface area contributed by atoms with Crippen molar-refractivity contribution >= 4 is 33.5 Å². The van der Waals surface area contributed by atoms with Gasteiger partial charge in [0.2, 0.25) is 0 Å². The minimum absolute atomic E-state index is 0.306. The zero-order valence-electron chi connectivity index (χ0n) is 11.2. The van der Waals surface area contributed by atoms with Gasteiger partial charge in [-0.05, 0) is 43.3 Å². The SMILES string of the molecule is CC(OC(=O)c1cccnc1)C(=O)Nc1ccc(Br)cc1. The lowest BCUT2D eigenvalue weighted by molar-refractivity contribution is -0.123. The van der Waals surface area contributed by atoms with Crippen molar-refractivity contribution in [2.24, 2.45) is 0 Å². The van der Waals surface area contributed by atoms with Gasteiger partial charge in [0.05, 0.1) is 5.56 Å². The van der Waals surface area contributed by atoms with E-state index < -0.39 is 18.0 Å². The highest BCUT2D eigenvalue weighted by Crippen LogP contribution is 2.14. The molecule has 2 aromatic rings. The zero-order chi connectivity index (χ0) is 15.2. The maximum atomic E-state index is 11.9. The topological polar surface area (TPSA) is 68.3 Å². The minimum atomic E-state index is -0.902. The molecule has 21 heavy (non-hydrogen) atoms. The van der Waals surface area contributed by atoms with Gasteiger partial charge < -0.3 is 10.1 Å². The molecule has 1 heterocycles. The van der Waals surface area contributed by atoms with E-state index in [9.17, 15) is 9.59 Å². The van der Waals surface area contributed by atoms with Gasteiger partial charge in [-0.1, -0.05) is 15.9 Å². The summed E-state index contributed by atoms with van der Waals surface area (Å²) < 4.78 is 6.01. The first kappa shape index (κ1) is 15.2. The fourth-order valence-electron chi connectivity index (χ4n) is 1.54. The van der Waals surface area contributed by atoms with Gasteiger partial charge in [-0.15, -0.1) is 0 Å². The lowest BCUT2D eigenvalue weighted by Crippen LogP contribution is -2.30. The molecule has 2 rings (SSSR count). The van der Waals surface area contributed by atoms with E-state index in [-0.39, 0.29) is 0 Å². The maximum Gasteiger partial charge on any atom is 0.340 e. The number of anilines is 1. The number of amides is 1. The maximum absolute atomic E-state index is 11.9. The third kappa shape index (κ3) is 4.39. The molecule has 0 radical (unpaired) electrons. The molecule has 0 saturated heterocycles. The molecule has 6 heteroatoms. The summed E-state index contributed by atoms with van der Waals surface area (Å²) in [4.78, 5) is 27.6. The lowest BCUT2D eigenvalue weighted by atomic mass is 10.3.